The van der Waals surface area contributed by atoms with E-state index in [1.807, 2.05) is 26.0 Å². The van der Waals surface area contributed by atoms with Gasteiger partial charge in [0, 0.05) is 18.1 Å². The monoisotopic (exact) mass is 386 g/mol. The number of aryl methyl sites for hydroxylation is 2. The summed E-state index contributed by atoms with van der Waals surface area (Å²) in [5, 5.41) is 5.27. The standard InChI is InChI=1S/C20H17F3N4O/c1-12-7-8-15(9-13(12)2)26-18(28)14-10-24-19(25-11-14)27-17-6-4-3-5-16(17)20(21,22)23/h3-11H,1-2H3,(H,26,28)(H,24,25,27). The first-order valence-electron chi connectivity index (χ1n) is 8.38. The second-order valence-electron chi connectivity index (χ2n) is 6.22. The highest BCUT2D eigenvalue weighted by molar-refractivity contribution is 6.03. The predicted molar refractivity (Wildman–Crippen MR) is 101 cm³/mol. The minimum Gasteiger partial charge on any atom is -0.324 e. The number of rotatable bonds is 4. The lowest BCUT2D eigenvalue weighted by Crippen LogP contribution is -2.14. The van der Waals surface area contributed by atoms with E-state index in [4.69, 9.17) is 0 Å². The summed E-state index contributed by atoms with van der Waals surface area (Å²) in [6.07, 6.45) is -2.00. The molecule has 0 aliphatic heterocycles. The summed E-state index contributed by atoms with van der Waals surface area (Å²) in [6, 6.07) is 10.5. The highest BCUT2D eigenvalue weighted by atomic mass is 19.4. The first-order valence-corrected chi connectivity index (χ1v) is 8.38. The van der Waals surface area contributed by atoms with Gasteiger partial charge in [-0.25, -0.2) is 9.97 Å². The van der Waals surface area contributed by atoms with Gasteiger partial charge in [0.15, 0.2) is 0 Å². The van der Waals surface area contributed by atoms with Crippen molar-refractivity contribution in [3.63, 3.8) is 0 Å². The Labute approximate surface area is 159 Å². The van der Waals surface area contributed by atoms with Gasteiger partial charge in [-0.3, -0.25) is 4.79 Å². The van der Waals surface area contributed by atoms with E-state index in [0.717, 1.165) is 17.2 Å². The van der Waals surface area contributed by atoms with E-state index < -0.39 is 17.6 Å². The van der Waals surface area contributed by atoms with Crippen molar-refractivity contribution in [2.45, 2.75) is 20.0 Å². The van der Waals surface area contributed by atoms with E-state index in [0.29, 0.717) is 5.69 Å². The molecule has 0 saturated heterocycles. The number of hydrogen-bond donors (Lipinski definition) is 2. The van der Waals surface area contributed by atoms with Gasteiger partial charge in [-0.05, 0) is 49.2 Å². The summed E-state index contributed by atoms with van der Waals surface area (Å²) in [6.45, 7) is 3.91. The summed E-state index contributed by atoms with van der Waals surface area (Å²) in [5.41, 5.74) is 1.98. The number of halogens is 3. The minimum absolute atomic E-state index is 0.0422. The SMILES string of the molecule is Cc1ccc(NC(=O)c2cnc(Nc3ccccc3C(F)(F)F)nc2)cc1C. The van der Waals surface area contributed by atoms with E-state index in [1.165, 1.54) is 30.6 Å². The number of benzene rings is 2. The highest BCUT2D eigenvalue weighted by Crippen LogP contribution is 2.35. The summed E-state index contributed by atoms with van der Waals surface area (Å²) >= 11 is 0. The van der Waals surface area contributed by atoms with E-state index >= 15 is 0 Å². The Balaban J connectivity index is 1.73. The molecule has 0 aliphatic carbocycles. The Hall–Kier alpha value is -3.42. The van der Waals surface area contributed by atoms with Crippen LogP contribution in [0.5, 0.6) is 0 Å². The Bertz CT molecular complexity index is 1000. The number of para-hydroxylation sites is 1. The third-order valence-corrected chi connectivity index (χ3v) is 4.16. The molecule has 28 heavy (non-hydrogen) atoms. The molecule has 1 amide bonds. The number of nitrogens with zero attached hydrogens (tertiary/aromatic N) is 2. The van der Waals surface area contributed by atoms with Crippen LogP contribution in [0.4, 0.5) is 30.5 Å². The molecule has 0 bridgehead atoms. The first kappa shape index (κ1) is 19.3. The Morgan fingerprint density at radius 1 is 0.964 bits per heavy atom. The summed E-state index contributed by atoms with van der Waals surface area (Å²) in [7, 11) is 0. The smallest absolute Gasteiger partial charge is 0.324 e. The van der Waals surface area contributed by atoms with Crippen LogP contribution in [-0.4, -0.2) is 15.9 Å². The molecule has 0 atom stereocenters. The largest absolute Gasteiger partial charge is 0.418 e. The molecule has 0 spiro atoms. The molecule has 3 rings (SSSR count). The number of amides is 1. The zero-order chi connectivity index (χ0) is 20.3. The molecular formula is C20H17F3N4O. The van der Waals surface area contributed by atoms with E-state index in [-0.39, 0.29) is 17.2 Å². The second-order valence-corrected chi connectivity index (χ2v) is 6.22. The topological polar surface area (TPSA) is 66.9 Å². The van der Waals surface area contributed by atoms with Gasteiger partial charge in [-0.1, -0.05) is 18.2 Å². The van der Waals surface area contributed by atoms with Crippen LogP contribution in [0.2, 0.25) is 0 Å². The van der Waals surface area contributed by atoms with Crippen molar-refractivity contribution in [1.82, 2.24) is 9.97 Å². The van der Waals surface area contributed by atoms with Crippen LogP contribution in [0.1, 0.15) is 27.0 Å². The molecule has 3 aromatic rings. The van der Waals surface area contributed by atoms with Crippen molar-refractivity contribution >= 4 is 23.2 Å². The predicted octanol–water partition coefficient (Wildman–Crippen LogP) is 5.11. The quantitative estimate of drug-likeness (QED) is 0.654. The molecule has 0 fully saturated rings. The zero-order valence-corrected chi connectivity index (χ0v) is 15.1. The second kappa shape index (κ2) is 7.67. The maximum Gasteiger partial charge on any atom is 0.418 e. The highest BCUT2D eigenvalue weighted by Gasteiger charge is 2.33. The molecule has 8 heteroatoms. The lowest BCUT2D eigenvalue weighted by Gasteiger charge is -2.13. The molecule has 5 nitrogen and oxygen atoms in total. The maximum atomic E-state index is 13.0. The number of alkyl halides is 3. The molecule has 2 aromatic carbocycles. The lowest BCUT2D eigenvalue weighted by molar-refractivity contribution is -0.136. The van der Waals surface area contributed by atoms with Crippen LogP contribution in [0.3, 0.4) is 0 Å². The Morgan fingerprint density at radius 3 is 2.29 bits per heavy atom. The number of nitrogens with one attached hydrogen (secondary N) is 2. The van der Waals surface area contributed by atoms with Crippen LogP contribution >= 0.6 is 0 Å². The van der Waals surface area contributed by atoms with Gasteiger partial charge in [0.1, 0.15) is 0 Å². The van der Waals surface area contributed by atoms with Crippen LogP contribution in [0.15, 0.2) is 54.9 Å². The molecule has 1 heterocycles. The number of aromatic nitrogens is 2. The average Bonchev–Trinajstić information content (AvgIpc) is 2.65. The summed E-state index contributed by atoms with van der Waals surface area (Å²) in [4.78, 5) is 20.2. The van der Waals surface area contributed by atoms with Crippen molar-refractivity contribution in [3.05, 3.63) is 77.1 Å². The lowest BCUT2D eigenvalue weighted by atomic mass is 10.1. The average molecular weight is 386 g/mol. The molecule has 1 aromatic heterocycles. The molecular weight excluding hydrogens is 369 g/mol. The number of carbonyl (C=O) groups is 1. The van der Waals surface area contributed by atoms with Gasteiger partial charge in [-0.15, -0.1) is 0 Å². The Kier molecular flexibility index (Phi) is 5.30. The molecule has 2 N–H and O–H groups in total. The van der Waals surface area contributed by atoms with Crippen LogP contribution < -0.4 is 10.6 Å². The molecule has 0 saturated carbocycles. The first-order chi connectivity index (χ1) is 13.2. The Morgan fingerprint density at radius 2 is 1.64 bits per heavy atom. The van der Waals surface area contributed by atoms with E-state index in [1.54, 1.807) is 6.07 Å². The van der Waals surface area contributed by atoms with Crippen molar-refractivity contribution < 1.29 is 18.0 Å². The molecule has 0 aliphatic rings. The fraction of sp³-hybridized carbons (Fsp3) is 0.150. The van der Waals surface area contributed by atoms with Gasteiger partial charge in [0.2, 0.25) is 5.95 Å². The normalized spacial score (nSPS) is 11.2. The summed E-state index contributed by atoms with van der Waals surface area (Å²) in [5.74, 6) is -0.454. The number of anilines is 3. The van der Waals surface area contributed by atoms with E-state index in [2.05, 4.69) is 20.6 Å². The van der Waals surface area contributed by atoms with Crippen molar-refractivity contribution in [2.24, 2.45) is 0 Å². The number of hydrogen-bond acceptors (Lipinski definition) is 4. The van der Waals surface area contributed by atoms with E-state index in [9.17, 15) is 18.0 Å². The fourth-order valence-corrected chi connectivity index (χ4v) is 2.49. The third kappa shape index (κ3) is 4.46. The van der Waals surface area contributed by atoms with Gasteiger partial charge >= 0.3 is 6.18 Å². The maximum absolute atomic E-state index is 13.0. The molecule has 0 unspecified atom stereocenters. The van der Waals surface area contributed by atoms with Crippen molar-refractivity contribution in [1.29, 1.82) is 0 Å². The fourth-order valence-electron chi connectivity index (χ4n) is 2.49. The zero-order valence-electron chi connectivity index (χ0n) is 15.1. The minimum atomic E-state index is -4.50. The molecule has 0 radical (unpaired) electrons. The molecule has 144 valence electrons. The third-order valence-electron chi connectivity index (χ3n) is 4.16. The van der Waals surface area contributed by atoms with Crippen LogP contribution in [-0.2, 0) is 6.18 Å². The van der Waals surface area contributed by atoms with Gasteiger partial charge in [-0.2, -0.15) is 13.2 Å². The van der Waals surface area contributed by atoms with Gasteiger partial charge in [0.05, 0.1) is 16.8 Å². The number of carbonyl (C=O) groups excluding carboxylic acids is 1. The summed E-state index contributed by atoms with van der Waals surface area (Å²) < 4.78 is 39.1. The van der Waals surface area contributed by atoms with Crippen molar-refractivity contribution in [2.75, 3.05) is 10.6 Å². The van der Waals surface area contributed by atoms with Crippen LogP contribution in [0, 0.1) is 13.8 Å². The van der Waals surface area contributed by atoms with Crippen LogP contribution in [0.25, 0.3) is 0 Å². The van der Waals surface area contributed by atoms with Gasteiger partial charge < -0.3 is 10.6 Å². The van der Waals surface area contributed by atoms with Crippen molar-refractivity contribution in [3.8, 4) is 0 Å². The van der Waals surface area contributed by atoms with Gasteiger partial charge in [0.25, 0.3) is 5.91 Å².